The van der Waals surface area contributed by atoms with Crippen LogP contribution in [0.5, 0.6) is 0 Å². The number of hydrogen-bond donors (Lipinski definition) is 2. The molecular formula is C26H46N2O3. The maximum atomic E-state index is 12.1. The average Bonchev–Trinajstić information content (AvgIpc) is 2.98. The summed E-state index contributed by atoms with van der Waals surface area (Å²) in [5, 5.41) is 8.51. The summed E-state index contributed by atoms with van der Waals surface area (Å²) < 4.78 is 0. The van der Waals surface area contributed by atoms with Crippen molar-refractivity contribution in [3.8, 4) is 0 Å². The molecule has 1 heterocycles. The van der Waals surface area contributed by atoms with E-state index in [-0.39, 0.29) is 11.8 Å². The number of hydrogen-bond acceptors (Lipinski definition) is 4. The lowest BCUT2D eigenvalue weighted by Gasteiger charge is -2.21. The molecule has 178 valence electrons. The molecule has 0 unspecified atom stereocenters. The van der Waals surface area contributed by atoms with E-state index in [1.165, 1.54) is 4.90 Å². The zero-order valence-electron chi connectivity index (χ0n) is 21.2. The maximum absolute atomic E-state index is 12.1. The lowest BCUT2D eigenvalue weighted by molar-refractivity contribution is 0.0621. The largest absolute Gasteiger partial charge is 0.396 e. The number of rotatable bonds is 7. The highest BCUT2D eigenvalue weighted by molar-refractivity contribution is 6.21. The SMILES string of the molecule is CC(C)[C@H](C)CN.CC(C)[C@H](C)CN1C(=O)c2ccccc2C1=O.CC(C)[C@H](C)CO. The summed E-state index contributed by atoms with van der Waals surface area (Å²) in [6, 6.07) is 7.02. The van der Waals surface area contributed by atoms with Gasteiger partial charge in [0.1, 0.15) is 0 Å². The predicted octanol–water partition coefficient (Wildman–Crippen LogP) is 5.08. The van der Waals surface area contributed by atoms with Crippen molar-refractivity contribution in [3.05, 3.63) is 35.4 Å². The van der Waals surface area contributed by atoms with Gasteiger partial charge in [-0.3, -0.25) is 14.5 Å². The first-order valence-electron chi connectivity index (χ1n) is 11.6. The van der Waals surface area contributed by atoms with Crippen LogP contribution < -0.4 is 5.73 Å². The standard InChI is InChI=1S/C14H17NO2.C6H15N.C6H14O/c1-9(2)10(3)8-15-13(16)11-6-4-5-7-12(11)14(15)17;2*1-5(2)6(3)4-7/h4-7,9-10H,8H2,1-3H3;5-6H,4,7H2,1-3H3;5-7H,4H2,1-3H3/t10-;2*6-/m111/s1. The van der Waals surface area contributed by atoms with Crippen LogP contribution in [0.25, 0.3) is 0 Å². The minimum Gasteiger partial charge on any atom is -0.396 e. The molecule has 31 heavy (non-hydrogen) atoms. The summed E-state index contributed by atoms with van der Waals surface area (Å²) in [6.07, 6.45) is 0. The van der Waals surface area contributed by atoms with Gasteiger partial charge in [0.25, 0.3) is 11.8 Å². The van der Waals surface area contributed by atoms with Gasteiger partial charge in [0.2, 0.25) is 0 Å². The number of aliphatic hydroxyl groups excluding tert-OH is 1. The van der Waals surface area contributed by atoms with E-state index in [2.05, 4.69) is 55.4 Å². The van der Waals surface area contributed by atoms with E-state index in [0.29, 0.717) is 53.9 Å². The number of amides is 2. The molecule has 0 saturated carbocycles. The monoisotopic (exact) mass is 434 g/mol. The zero-order valence-corrected chi connectivity index (χ0v) is 21.2. The second-order valence-electron chi connectivity index (χ2n) is 9.85. The van der Waals surface area contributed by atoms with Gasteiger partial charge in [-0.25, -0.2) is 0 Å². The molecule has 0 radical (unpaired) electrons. The highest BCUT2D eigenvalue weighted by Gasteiger charge is 2.35. The summed E-state index contributed by atoms with van der Waals surface area (Å²) in [4.78, 5) is 25.5. The summed E-state index contributed by atoms with van der Waals surface area (Å²) in [5.74, 6) is 2.96. The molecule has 0 fully saturated rings. The third kappa shape index (κ3) is 9.53. The van der Waals surface area contributed by atoms with Crippen LogP contribution in [0.4, 0.5) is 0 Å². The van der Waals surface area contributed by atoms with Gasteiger partial charge >= 0.3 is 0 Å². The molecule has 5 nitrogen and oxygen atoms in total. The molecule has 1 aliphatic heterocycles. The molecular weight excluding hydrogens is 388 g/mol. The Hall–Kier alpha value is -1.72. The zero-order chi connectivity index (χ0) is 24.3. The van der Waals surface area contributed by atoms with Crippen molar-refractivity contribution >= 4 is 11.8 Å². The molecule has 1 aromatic carbocycles. The first-order valence-corrected chi connectivity index (χ1v) is 11.6. The third-order valence-corrected chi connectivity index (χ3v) is 6.42. The topological polar surface area (TPSA) is 83.6 Å². The van der Waals surface area contributed by atoms with Crippen molar-refractivity contribution in [2.75, 3.05) is 19.7 Å². The number of benzene rings is 1. The van der Waals surface area contributed by atoms with Crippen molar-refractivity contribution in [3.63, 3.8) is 0 Å². The molecule has 2 rings (SSSR count). The van der Waals surface area contributed by atoms with Gasteiger partial charge in [0.15, 0.2) is 0 Å². The molecule has 1 aromatic rings. The second-order valence-corrected chi connectivity index (χ2v) is 9.85. The fourth-order valence-electron chi connectivity index (χ4n) is 2.39. The number of imide groups is 1. The minimum absolute atomic E-state index is 0.155. The van der Waals surface area contributed by atoms with Crippen LogP contribution >= 0.6 is 0 Å². The van der Waals surface area contributed by atoms with Crippen LogP contribution in [0.3, 0.4) is 0 Å². The Balaban J connectivity index is 0.000000536. The van der Waals surface area contributed by atoms with Crippen molar-refractivity contribution in [1.82, 2.24) is 4.90 Å². The number of nitrogens with zero attached hydrogens (tertiary/aromatic N) is 1. The van der Waals surface area contributed by atoms with Crippen molar-refractivity contribution in [1.29, 1.82) is 0 Å². The van der Waals surface area contributed by atoms with Crippen molar-refractivity contribution in [2.45, 2.75) is 62.3 Å². The van der Waals surface area contributed by atoms with E-state index in [0.717, 1.165) is 12.5 Å². The lowest BCUT2D eigenvalue weighted by atomic mass is 9.98. The van der Waals surface area contributed by atoms with Crippen LogP contribution in [0, 0.1) is 35.5 Å². The van der Waals surface area contributed by atoms with Crippen molar-refractivity contribution in [2.24, 2.45) is 41.2 Å². The Bertz CT molecular complexity index is 621. The quantitative estimate of drug-likeness (QED) is 0.586. The molecule has 0 spiro atoms. The van der Waals surface area contributed by atoms with Crippen LogP contribution in [0.1, 0.15) is 83.0 Å². The van der Waals surface area contributed by atoms with Crippen LogP contribution in [-0.2, 0) is 0 Å². The number of carbonyl (C=O) groups is 2. The van der Waals surface area contributed by atoms with E-state index < -0.39 is 0 Å². The fourth-order valence-corrected chi connectivity index (χ4v) is 2.39. The Morgan fingerprint density at radius 3 is 1.35 bits per heavy atom. The predicted molar refractivity (Wildman–Crippen MR) is 130 cm³/mol. The van der Waals surface area contributed by atoms with E-state index >= 15 is 0 Å². The number of carbonyl (C=O) groups excluding carboxylic acids is 2. The second kappa shape index (κ2) is 14.4. The maximum Gasteiger partial charge on any atom is 0.261 e. The molecule has 0 aliphatic carbocycles. The normalized spacial score (nSPS) is 15.9. The summed E-state index contributed by atoms with van der Waals surface area (Å²) in [6.45, 7) is 20.7. The van der Waals surface area contributed by atoms with Gasteiger partial charge < -0.3 is 10.8 Å². The van der Waals surface area contributed by atoms with Crippen molar-refractivity contribution < 1.29 is 14.7 Å². The number of fused-ring (bicyclic) bond motifs is 1. The first-order chi connectivity index (χ1) is 14.4. The molecule has 5 heteroatoms. The van der Waals surface area contributed by atoms with Crippen LogP contribution in [-0.4, -0.2) is 41.5 Å². The highest BCUT2D eigenvalue weighted by atomic mass is 16.3. The van der Waals surface area contributed by atoms with Gasteiger partial charge in [0.05, 0.1) is 11.1 Å². The van der Waals surface area contributed by atoms with Gasteiger partial charge in [-0.1, -0.05) is 74.4 Å². The Morgan fingerprint density at radius 1 is 0.742 bits per heavy atom. The van der Waals surface area contributed by atoms with Gasteiger partial charge in [-0.2, -0.15) is 0 Å². The summed E-state index contributed by atoms with van der Waals surface area (Å²) in [7, 11) is 0. The summed E-state index contributed by atoms with van der Waals surface area (Å²) >= 11 is 0. The molecule has 2 amide bonds. The third-order valence-electron chi connectivity index (χ3n) is 6.42. The molecule has 0 saturated heterocycles. The van der Waals surface area contributed by atoms with Gasteiger partial charge in [-0.05, 0) is 54.2 Å². The van der Waals surface area contributed by atoms with Crippen LogP contribution in [0.2, 0.25) is 0 Å². The van der Waals surface area contributed by atoms with Gasteiger partial charge in [0, 0.05) is 13.2 Å². The fraction of sp³-hybridized carbons (Fsp3) is 0.692. The lowest BCUT2D eigenvalue weighted by Crippen LogP contribution is -2.35. The summed E-state index contributed by atoms with van der Waals surface area (Å²) in [5.41, 5.74) is 6.44. The molecule has 1 aliphatic rings. The Labute approximate surface area is 190 Å². The van der Waals surface area contributed by atoms with E-state index in [9.17, 15) is 9.59 Å². The van der Waals surface area contributed by atoms with E-state index in [1.54, 1.807) is 24.3 Å². The average molecular weight is 435 g/mol. The Morgan fingerprint density at radius 2 is 1.13 bits per heavy atom. The Kier molecular flexibility index (Phi) is 13.6. The van der Waals surface area contributed by atoms with E-state index in [4.69, 9.17) is 10.8 Å². The first kappa shape index (κ1) is 29.3. The molecule has 3 N–H and O–H groups in total. The van der Waals surface area contributed by atoms with Crippen LogP contribution in [0.15, 0.2) is 24.3 Å². The number of aliphatic hydroxyl groups is 1. The smallest absolute Gasteiger partial charge is 0.261 e. The van der Waals surface area contributed by atoms with Gasteiger partial charge in [-0.15, -0.1) is 0 Å². The molecule has 0 bridgehead atoms. The molecule has 3 atom stereocenters. The van der Waals surface area contributed by atoms with E-state index in [1.807, 2.05) is 6.92 Å². The molecule has 0 aromatic heterocycles. The number of nitrogens with two attached hydrogens (primary N) is 1. The minimum atomic E-state index is -0.155. The highest BCUT2D eigenvalue weighted by Crippen LogP contribution is 2.24.